The number of likely N-dealkylation sites (N-methyl/N-ethyl adjacent to an activating group) is 2. The molecule has 0 radical (unpaired) electrons. The van der Waals surface area contributed by atoms with Crippen molar-refractivity contribution in [1.29, 1.82) is 0 Å². The quantitative estimate of drug-likeness (QED) is 0.876. The summed E-state index contributed by atoms with van der Waals surface area (Å²) in [4.78, 5) is 2.08. The molecule has 0 aliphatic heterocycles. The van der Waals surface area contributed by atoms with Gasteiger partial charge in [0.25, 0.3) is 0 Å². The van der Waals surface area contributed by atoms with E-state index >= 15 is 0 Å². The summed E-state index contributed by atoms with van der Waals surface area (Å²) >= 11 is 5.77. The van der Waals surface area contributed by atoms with Gasteiger partial charge < -0.3 is 10.2 Å². The zero-order valence-electron chi connectivity index (χ0n) is 10.1. The van der Waals surface area contributed by atoms with Crippen molar-refractivity contribution < 1.29 is 4.39 Å². The highest BCUT2D eigenvalue weighted by Crippen LogP contribution is 2.26. The number of anilines is 1. The van der Waals surface area contributed by atoms with Crippen molar-refractivity contribution in [3.05, 3.63) is 29.0 Å². The standard InChI is InChI=1S/C12H18ClFN2/c1-12(2,8-15-3)16(4)9-5-6-11(14)10(13)7-9/h5-7,15H,8H2,1-4H3. The summed E-state index contributed by atoms with van der Waals surface area (Å²) in [6.07, 6.45) is 0. The van der Waals surface area contributed by atoms with Crippen LogP contribution >= 0.6 is 11.6 Å². The average molecular weight is 245 g/mol. The van der Waals surface area contributed by atoms with E-state index in [1.54, 1.807) is 12.1 Å². The van der Waals surface area contributed by atoms with Crippen molar-refractivity contribution in [3.63, 3.8) is 0 Å². The minimum absolute atomic E-state index is 0.0596. The fourth-order valence-corrected chi connectivity index (χ4v) is 1.77. The summed E-state index contributed by atoms with van der Waals surface area (Å²) in [5.41, 5.74) is 0.849. The van der Waals surface area contributed by atoms with Gasteiger partial charge in [-0.15, -0.1) is 0 Å². The number of benzene rings is 1. The Morgan fingerprint density at radius 3 is 2.56 bits per heavy atom. The lowest BCUT2D eigenvalue weighted by Gasteiger charge is -2.37. The summed E-state index contributed by atoms with van der Waals surface area (Å²) in [6, 6.07) is 4.77. The van der Waals surface area contributed by atoms with Gasteiger partial charge in [0.1, 0.15) is 5.82 Å². The van der Waals surface area contributed by atoms with Crippen LogP contribution in [0.5, 0.6) is 0 Å². The number of nitrogens with one attached hydrogen (secondary N) is 1. The number of halogens is 2. The maximum atomic E-state index is 13.0. The van der Waals surface area contributed by atoms with Crippen LogP contribution in [0.1, 0.15) is 13.8 Å². The Morgan fingerprint density at radius 1 is 1.44 bits per heavy atom. The molecule has 0 atom stereocenters. The molecule has 1 aromatic carbocycles. The monoisotopic (exact) mass is 244 g/mol. The van der Waals surface area contributed by atoms with E-state index in [4.69, 9.17) is 11.6 Å². The Balaban J connectivity index is 2.95. The van der Waals surface area contributed by atoms with E-state index in [1.165, 1.54) is 6.07 Å². The van der Waals surface area contributed by atoms with E-state index < -0.39 is 0 Å². The SMILES string of the molecule is CNCC(C)(C)N(C)c1ccc(F)c(Cl)c1. The Hall–Kier alpha value is -0.800. The molecule has 0 unspecified atom stereocenters. The molecule has 0 aliphatic rings. The Bertz CT molecular complexity index is 366. The predicted octanol–water partition coefficient (Wildman–Crippen LogP) is 2.91. The van der Waals surface area contributed by atoms with E-state index in [1.807, 2.05) is 14.1 Å². The second-order valence-electron chi connectivity index (χ2n) is 4.50. The first kappa shape index (κ1) is 13.3. The van der Waals surface area contributed by atoms with Gasteiger partial charge in [0, 0.05) is 24.8 Å². The molecular formula is C12H18ClFN2. The summed E-state index contributed by atoms with van der Waals surface area (Å²) in [6.45, 7) is 5.06. The highest BCUT2D eigenvalue weighted by Gasteiger charge is 2.23. The normalized spacial score (nSPS) is 11.6. The first-order valence-corrected chi connectivity index (χ1v) is 5.60. The van der Waals surface area contributed by atoms with Crippen molar-refractivity contribution in [1.82, 2.24) is 5.32 Å². The van der Waals surface area contributed by atoms with Crippen LogP contribution in [0.3, 0.4) is 0 Å². The summed E-state index contributed by atoms with van der Waals surface area (Å²) in [5.74, 6) is -0.384. The lowest BCUT2D eigenvalue weighted by Crippen LogP contribution is -2.48. The molecule has 0 bridgehead atoms. The molecule has 0 amide bonds. The number of hydrogen-bond acceptors (Lipinski definition) is 2. The first-order chi connectivity index (χ1) is 7.38. The largest absolute Gasteiger partial charge is 0.368 e. The van der Waals surface area contributed by atoms with Gasteiger partial charge in [0.15, 0.2) is 0 Å². The molecular weight excluding hydrogens is 227 g/mol. The van der Waals surface area contributed by atoms with Crippen molar-refractivity contribution in [2.24, 2.45) is 0 Å². The third kappa shape index (κ3) is 2.86. The molecule has 0 spiro atoms. The minimum Gasteiger partial charge on any atom is -0.368 e. The molecule has 2 nitrogen and oxygen atoms in total. The van der Waals surface area contributed by atoms with Crippen molar-refractivity contribution in [2.45, 2.75) is 19.4 Å². The molecule has 0 heterocycles. The van der Waals surface area contributed by atoms with Crippen molar-refractivity contribution >= 4 is 17.3 Å². The highest BCUT2D eigenvalue weighted by atomic mass is 35.5. The summed E-state index contributed by atoms with van der Waals surface area (Å²) in [5, 5.41) is 3.29. The molecule has 90 valence electrons. The second-order valence-corrected chi connectivity index (χ2v) is 4.91. The third-order valence-corrected chi connectivity index (χ3v) is 3.10. The maximum absolute atomic E-state index is 13.0. The fourth-order valence-electron chi connectivity index (χ4n) is 1.59. The Morgan fingerprint density at radius 2 is 2.06 bits per heavy atom. The minimum atomic E-state index is -0.384. The molecule has 16 heavy (non-hydrogen) atoms. The lowest BCUT2D eigenvalue weighted by molar-refractivity contribution is 0.463. The van der Waals surface area contributed by atoms with Crippen LogP contribution in [0.2, 0.25) is 5.02 Å². The highest BCUT2D eigenvalue weighted by molar-refractivity contribution is 6.31. The van der Waals surface area contributed by atoms with Gasteiger partial charge in [-0.3, -0.25) is 0 Å². The van der Waals surface area contributed by atoms with Crippen LogP contribution in [-0.4, -0.2) is 26.2 Å². The van der Waals surface area contributed by atoms with Crippen molar-refractivity contribution in [3.8, 4) is 0 Å². The van der Waals surface area contributed by atoms with Gasteiger partial charge in [-0.25, -0.2) is 4.39 Å². The topological polar surface area (TPSA) is 15.3 Å². The summed E-state index contributed by atoms with van der Waals surface area (Å²) in [7, 11) is 3.88. The van der Waals surface area contributed by atoms with Gasteiger partial charge in [-0.2, -0.15) is 0 Å². The van der Waals surface area contributed by atoms with Gasteiger partial charge in [-0.1, -0.05) is 11.6 Å². The van der Waals surface area contributed by atoms with Crippen LogP contribution in [0, 0.1) is 5.82 Å². The lowest BCUT2D eigenvalue weighted by atomic mass is 10.0. The van der Waals surface area contributed by atoms with E-state index in [2.05, 4.69) is 24.1 Å². The Labute approximate surface area is 101 Å². The molecule has 0 fully saturated rings. The number of nitrogens with zero attached hydrogens (tertiary/aromatic N) is 1. The molecule has 0 aromatic heterocycles. The zero-order chi connectivity index (χ0) is 12.3. The molecule has 0 aliphatic carbocycles. The third-order valence-electron chi connectivity index (χ3n) is 2.81. The predicted molar refractivity (Wildman–Crippen MR) is 67.8 cm³/mol. The molecule has 1 aromatic rings. The zero-order valence-corrected chi connectivity index (χ0v) is 10.9. The molecule has 1 N–H and O–H groups in total. The van der Waals surface area contributed by atoms with Crippen molar-refractivity contribution in [2.75, 3.05) is 25.5 Å². The second kappa shape index (κ2) is 5.02. The van der Waals surface area contributed by atoms with Gasteiger partial charge in [-0.05, 0) is 39.1 Å². The van der Waals surface area contributed by atoms with E-state index in [-0.39, 0.29) is 16.4 Å². The van der Waals surface area contributed by atoms with E-state index in [9.17, 15) is 4.39 Å². The molecule has 0 saturated heterocycles. The number of hydrogen-bond donors (Lipinski definition) is 1. The van der Waals surface area contributed by atoms with Gasteiger partial charge in [0.05, 0.1) is 5.02 Å². The van der Waals surface area contributed by atoms with Gasteiger partial charge >= 0.3 is 0 Å². The van der Waals surface area contributed by atoms with E-state index in [0.717, 1.165) is 12.2 Å². The summed E-state index contributed by atoms with van der Waals surface area (Å²) < 4.78 is 13.0. The van der Waals surface area contributed by atoms with Gasteiger partial charge in [0.2, 0.25) is 0 Å². The van der Waals surface area contributed by atoms with Crippen LogP contribution in [-0.2, 0) is 0 Å². The van der Waals surface area contributed by atoms with Crippen LogP contribution in [0.25, 0.3) is 0 Å². The average Bonchev–Trinajstić information content (AvgIpc) is 2.21. The molecule has 4 heteroatoms. The smallest absolute Gasteiger partial charge is 0.141 e. The first-order valence-electron chi connectivity index (χ1n) is 5.22. The maximum Gasteiger partial charge on any atom is 0.141 e. The number of rotatable bonds is 4. The van der Waals surface area contributed by atoms with Crippen LogP contribution in [0.4, 0.5) is 10.1 Å². The van der Waals surface area contributed by atoms with Crippen LogP contribution in [0.15, 0.2) is 18.2 Å². The molecule has 0 saturated carbocycles. The van der Waals surface area contributed by atoms with E-state index in [0.29, 0.717) is 0 Å². The fraction of sp³-hybridized carbons (Fsp3) is 0.500. The Kier molecular flexibility index (Phi) is 4.16. The van der Waals surface area contributed by atoms with Crippen LogP contribution < -0.4 is 10.2 Å². The molecule has 1 rings (SSSR count).